The number of carboxylic acid groups (broad SMARTS) is 2. The summed E-state index contributed by atoms with van der Waals surface area (Å²) in [6, 6.07) is 0. The van der Waals surface area contributed by atoms with Crippen LogP contribution in [0.4, 0.5) is 22.0 Å². The van der Waals surface area contributed by atoms with E-state index in [4.69, 9.17) is 31.2 Å². The summed E-state index contributed by atoms with van der Waals surface area (Å²) in [7, 11) is 0. The highest BCUT2D eigenvalue weighted by atomic mass is 19.1. The maximum Gasteiger partial charge on any atom is 0.321 e. The molecule has 0 radical (unpaired) electrons. The summed E-state index contributed by atoms with van der Waals surface area (Å²) in [6.07, 6.45) is 2.35. The van der Waals surface area contributed by atoms with E-state index in [1.165, 1.54) is 13.8 Å². The van der Waals surface area contributed by atoms with Gasteiger partial charge in [0.05, 0.1) is 26.7 Å². The van der Waals surface area contributed by atoms with Gasteiger partial charge in [-0.25, -0.2) is 24.7 Å². The number of alkyl halides is 5. The molecule has 3 atom stereocenters. The molecular formula is C33H61F5O12. The van der Waals surface area contributed by atoms with Crippen LogP contribution in [0, 0.1) is 17.3 Å². The minimum atomic E-state index is -2.34. The van der Waals surface area contributed by atoms with Crippen molar-refractivity contribution >= 4 is 11.9 Å². The zero-order valence-corrected chi connectivity index (χ0v) is 30.3. The highest BCUT2D eigenvalue weighted by Crippen LogP contribution is 2.31. The molecule has 0 aliphatic rings. The van der Waals surface area contributed by atoms with Crippen LogP contribution in [0.15, 0.2) is 22.7 Å². The molecule has 3 unspecified atom stereocenters. The fraction of sp³-hybridized carbons (Fsp3) is 0.818. The van der Waals surface area contributed by atoms with E-state index in [1.807, 2.05) is 20.8 Å². The van der Waals surface area contributed by atoms with Gasteiger partial charge in [-0.05, 0) is 44.4 Å². The zero-order valence-electron chi connectivity index (χ0n) is 30.3. The van der Waals surface area contributed by atoms with E-state index in [2.05, 4.69) is 19.6 Å². The summed E-state index contributed by atoms with van der Waals surface area (Å²) in [5.41, 5.74) is -1.00. The molecule has 0 aliphatic carbocycles. The van der Waals surface area contributed by atoms with Crippen molar-refractivity contribution in [1.29, 1.82) is 0 Å². The highest BCUT2D eigenvalue weighted by molar-refractivity contribution is 5.98. The molecule has 0 amide bonds. The maximum atomic E-state index is 13.0. The number of unbranched alkanes of at least 4 members (excludes halogenated alkanes) is 1. The van der Waals surface area contributed by atoms with Gasteiger partial charge in [-0.15, -0.1) is 0 Å². The van der Waals surface area contributed by atoms with Gasteiger partial charge in [-0.1, -0.05) is 53.9 Å². The molecule has 6 N–H and O–H groups in total. The number of carboxylic acids is 2. The Hall–Kier alpha value is -2.57. The standard InChI is InChI=1S/2C11H21FO4.C9H14F2O4.C2H5F/c1-3-4-5-10(8-15-13)11(16-14)6-9(2)7-12;1-3-5-10(8-15-13)11(16-14)6-9(4-2)7-12;1-2-6(11)5-9(3-4-10,7(12)13)8(14)15;1-2-3/h2*9,13-14H,3-8H2,1-2H3;6H,2-5H2,1H3,(H,12,13)(H,14,15);2H2,1H3/b2*11-10+;;. The van der Waals surface area contributed by atoms with Crippen molar-refractivity contribution in [3.8, 4) is 0 Å². The van der Waals surface area contributed by atoms with Gasteiger partial charge < -0.3 is 20.0 Å². The maximum absolute atomic E-state index is 13.0. The molecule has 0 aromatic heterocycles. The predicted octanol–water partition coefficient (Wildman–Crippen LogP) is 9.43. The Morgan fingerprint density at radius 1 is 0.720 bits per heavy atom. The molecule has 0 spiro atoms. The van der Waals surface area contributed by atoms with Crippen molar-refractivity contribution in [1.82, 2.24) is 0 Å². The van der Waals surface area contributed by atoms with Crippen molar-refractivity contribution in [3.05, 3.63) is 22.7 Å². The third kappa shape index (κ3) is 25.4. The normalized spacial score (nSPS) is 13.7. The third-order valence-corrected chi connectivity index (χ3v) is 7.29. The van der Waals surface area contributed by atoms with E-state index in [1.54, 1.807) is 6.92 Å². The SMILES string of the molecule is CCC(F)CC(CCF)(C(=O)O)C(=O)O.CCC/C(COO)=C(/CC(CC)CF)OO.CCCC/C(COO)=C(/CC(C)CF)OO.CCF. The van der Waals surface area contributed by atoms with Crippen LogP contribution in [-0.4, -0.2) is 89.3 Å². The first-order valence-corrected chi connectivity index (χ1v) is 16.7. The minimum absolute atomic E-state index is 0.00853. The number of rotatable bonds is 25. The topological polar surface area (TPSA) is 192 Å². The molecule has 0 aromatic rings. The lowest BCUT2D eigenvalue weighted by molar-refractivity contribution is -0.239. The zero-order chi connectivity index (χ0) is 39.5. The van der Waals surface area contributed by atoms with Crippen molar-refractivity contribution in [3.63, 3.8) is 0 Å². The first-order valence-electron chi connectivity index (χ1n) is 16.7. The monoisotopic (exact) mass is 744 g/mol. The second-order valence-corrected chi connectivity index (χ2v) is 11.3. The van der Waals surface area contributed by atoms with E-state index in [0.29, 0.717) is 54.8 Å². The Bertz CT molecular complexity index is 867. The third-order valence-electron chi connectivity index (χ3n) is 7.29. The average molecular weight is 745 g/mol. The Morgan fingerprint density at radius 2 is 1.20 bits per heavy atom. The van der Waals surface area contributed by atoms with Gasteiger partial charge in [0.25, 0.3) is 0 Å². The van der Waals surface area contributed by atoms with Crippen LogP contribution in [0.3, 0.4) is 0 Å². The van der Waals surface area contributed by atoms with E-state index in [9.17, 15) is 31.5 Å². The molecule has 0 bridgehead atoms. The summed E-state index contributed by atoms with van der Waals surface area (Å²) in [4.78, 5) is 38.2. The molecule has 0 heterocycles. The van der Waals surface area contributed by atoms with Crippen LogP contribution in [0.1, 0.15) is 112 Å². The number of allylic oxidation sites excluding steroid dienone is 2. The first kappa shape index (κ1) is 54.2. The van der Waals surface area contributed by atoms with Crippen molar-refractivity contribution < 1.29 is 82.3 Å². The van der Waals surface area contributed by atoms with Gasteiger partial charge in [0, 0.05) is 36.8 Å². The van der Waals surface area contributed by atoms with Crippen molar-refractivity contribution in [2.24, 2.45) is 17.3 Å². The van der Waals surface area contributed by atoms with Gasteiger partial charge in [0.1, 0.15) is 30.9 Å². The summed E-state index contributed by atoms with van der Waals surface area (Å²) >= 11 is 0. The molecule has 0 aliphatic heterocycles. The van der Waals surface area contributed by atoms with Crippen LogP contribution in [0.5, 0.6) is 0 Å². The molecule has 0 saturated heterocycles. The van der Waals surface area contributed by atoms with Crippen LogP contribution in [0.25, 0.3) is 0 Å². The Balaban J connectivity index is -0.000000305. The number of halogens is 5. The Kier molecular flexibility index (Phi) is 39.3. The lowest BCUT2D eigenvalue weighted by atomic mass is 9.79. The van der Waals surface area contributed by atoms with Crippen LogP contribution in [-0.2, 0) is 29.1 Å². The largest absolute Gasteiger partial charge is 0.480 e. The Labute approximate surface area is 292 Å². The molecule has 17 heteroatoms. The number of hydrogen-bond donors (Lipinski definition) is 6. The lowest BCUT2D eigenvalue weighted by Gasteiger charge is -2.24. The van der Waals surface area contributed by atoms with Gasteiger partial charge in [-0.3, -0.25) is 37.7 Å². The van der Waals surface area contributed by atoms with Crippen LogP contribution >= 0.6 is 0 Å². The summed E-state index contributed by atoms with van der Waals surface area (Å²) in [5, 5.41) is 51.9. The van der Waals surface area contributed by atoms with E-state index < -0.39 is 56.4 Å². The fourth-order valence-corrected chi connectivity index (χ4v) is 4.13. The minimum Gasteiger partial charge on any atom is -0.480 e. The van der Waals surface area contributed by atoms with Crippen LogP contribution < -0.4 is 0 Å². The van der Waals surface area contributed by atoms with Gasteiger partial charge in [-0.2, -0.15) is 0 Å². The van der Waals surface area contributed by atoms with E-state index in [0.717, 1.165) is 19.3 Å². The molecule has 0 aromatic carbocycles. The van der Waals surface area contributed by atoms with Crippen molar-refractivity contribution in [2.45, 2.75) is 118 Å². The van der Waals surface area contributed by atoms with Gasteiger partial charge in [0.2, 0.25) is 0 Å². The molecule has 50 heavy (non-hydrogen) atoms. The number of hydrogen-bond acceptors (Lipinski definition) is 10. The van der Waals surface area contributed by atoms with Gasteiger partial charge in [0.15, 0.2) is 5.41 Å². The molecule has 300 valence electrons. The average Bonchev–Trinajstić information content (AvgIpc) is 3.10. The smallest absolute Gasteiger partial charge is 0.321 e. The Morgan fingerprint density at radius 3 is 1.52 bits per heavy atom. The van der Waals surface area contributed by atoms with E-state index in [-0.39, 0.29) is 38.1 Å². The molecule has 0 saturated carbocycles. The number of carbonyl (C=O) groups is 2. The lowest BCUT2D eigenvalue weighted by Crippen LogP contribution is -2.42. The molecule has 0 rings (SSSR count). The summed E-state index contributed by atoms with van der Waals surface area (Å²) in [6.45, 7) is 8.18. The molecule has 12 nitrogen and oxygen atoms in total. The summed E-state index contributed by atoms with van der Waals surface area (Å²) < 4.78 is 60.3. The predicted molar refractivity (Wildman–Crippen MR) is 177 cm³/mol. The van der Waals surface area contributed by atoms with Gasteiger partial charge >= 0.3 is 11.9 Å². The number of aliphatic carboxylic acids is 2. The molecular weight excluding hydrogens is 683 g/mol. The van der Waals surface area contributed by atoms with E-state index >= 15 is 0 Å². The van der Waals surface area contributed by atoms with Crippen molar-refractivity contribution in [2.75, 3.05) is 39.9 Å². The second kappa shape index (κ2) is 36.2. The highest BCUT2D eigenvalue weighted by Gasteiger charge is 2.47. The molecule has 0 fully saturated rings. The fourth-order valence-electron chi connectivity index (χ4n) is 4.13. The van der Waals surface area contributed by atoms with Crippen LogP contribution in [0.2, 0.25) is 0 Å². The quantitative estimate of drug-likeness (QED) is 0.0171. The summed E-state index contributed by atoms with van der Waals surface area (Å²) in [5.74, 6) is -3.18. The first-order chi connectivity index (χ1) is 23.7. The second-order valence-electron chi connectivity index (χ2n) is 11.3.